The lowest BCUT2D eigenvalue weighted by molar-refractivity contribution is -0.151. The number of carbonyl (C=O) groups is 2. The van der Waals surface area contributed by atoms with Crippen molar-refractivity contribution in [2.75, 3.05) is 6.54 Å². The molecule has 0 aliphatic carbocycles. The van der Waals surface area contributed by atoms with Crippen LogP contribution in [0.5, 0.6) is 5.75 Å². The van der Waals surface area contributed by atoms with Gasteiger partial charge in [0.1, 0.15) is 17.8 Å². The Kier molecular flexibility index (Phi) is 4.43. The zero-order chi connectivity index (χ0) is 16.7. The lowest BCUT2D eigenvalue weighted by Gasteiger charge is -2.44. The minimum Gasteiger partial charge on any atom is -0.508 e. The van der Waals surface area contributed by atoms with Crippen LogP contribution in [0.1, 0.15) is 37.7 Å². The third-order valence-electron chi connectivity index (χ3n) is 4.73. The molecule has 1 unspecified atom stereocenters. The molecule has 1 aromatic carbocycles. The molecule has 7 heteroatoms. The van der Waals surface area contributed by atoms with Gasteiger partial charge in [-0.05, 0) is 37.3 Å². The minimum absolute atomic E-state index is 0.0306. The summed E-state index contributed by atoms with van der Waals surface area (Å²) in [7, 11) is 0. The molecular weight excluding hydrogens is 339 g/mol. The van der Waals surface area contributed by atoms with Gasteiger partial charge in [0, 0.05) is 12.1 Å². The fourth-order valence-electron chi connectivity index (χ4n) is 3.49. The fourth-order valence-corrected chi connectivity index (χ4v) is 3.97. The minimum atomic E-state index is -0.515. The van der Waals surface area contributed by atoms with Gasteiger partial charge in [-0.15, -0.1) is 0 Å². The van der Waals surface area contributed by atoms with Crippen LogP contribution >= 0.6 is 23.2 Å². The molecule has 3 rings (SSSR count). The summed E-state index contributed by atoms with van der Waals surface area (Å²) in [5.74, 6) is -0.207. The van der Waals surface area contributed by atoms with E-state index in [4.69, 9.17) is 23.2 Å². The molecule has 0 bridgehead atoms. The van der Waals surface area contributed by atoms with E-state index in [1.807, 2.05) is 6.92 Å². The fraction of sp³-hybridized carbons (Fsp3) is 0.500. The Morgan fingerprint density at radius 1 is 1.35 bits per heavy atom. The Balaban J connectivity index is 1.88. The SMILES string of the molecule is CC[C@H]1NC(=O)[C@H]2CC(c3c(O)ccc(Cl)c3Cl)CCN2C1=O. The second kappa shape index (κ2) is 6.21. The molecule has 0 saturated carbocycles. The predicted octanol–water partition coefficient (Wildman–Crippen LogP) is 2.68. The molecule has 2 aliphatic rings. The van der Waals surface area contributed by atoms with Crippen LogP contribution in [0.25, 0.3) is 0 Å². The monoisotopic (exact) mass is 356 g/mol. The maximum atomic E-state index is 12.4. The van der Waals surface area contributed by atoms with Gasteiger partial charge in [0.2, 0.25) is 11.8 Å². The van der Waals surface area contributed by atoms with Crippen LogP contribution in [0.2, 0.25) is 10.0 Å². The number of hydrogen-bond donors (Lipinski definition) is 2. The highest BCUT2D eigenvalue weighted by Crippen LogP contribution is 2.43. The number of nitrogens with zero attached hydrogens (tertiary/aromatic N) is 1. The molecule has 0 radical (unpaired) electrons. The molecule has 2 saturated heterocycles. The molecule has 3 atom stereocenters. The molecule has 5 nitrogen and oxygen atoms in total. The average molecular weight is 357 g/mol. The maximum absolute atomic E-state index is 12.4. The summed E-state index contributed by atoms with van der Waals surface area (Å²) in [5, 5.41) is 13.6. The molecule has 0 spiro atoms. The van der Waals surface area contributed by atoms with E-state index in [0.29, 0.717) is 41.4 Å². The molecule has 0 aromatic heterocycles. The second-order valence-corrected chi connectivity index (χ2v) is 6.82. The molecule has 2 amide bonds. The topological polar surface area (TPSA) is 69.6 Å². The third kappa shape index (κ3) is 2.76. The number of piperidine rings is 1. The van der Waals surface area contributed by atoms with Crippen molar-refractivity contribution in [2.24, 2.45) is 0 Å². The summed E-state index contributed by atoms with van der Waals surface area (Å²) < 4.78 is 0. The zero-order valence-corrected chi connectivity index (χ0v) is 14.2. The van der Waals surface area contributed by atoms with Crippen molar-refractivity contribution in [3.05, 3.63) is 27.7 Å². The number of fused-ring (bicyclic) bond motifs is 1. The highest BCUT2D eigenvalue weighted by Gasteiger charge is 2.44. The highest BCUT2D eigenvalue weighted by molar-refractivity contribution is 6.42. The van der Waals surface area contributed by atoms with Crippen molar-refractivity contribution in [3.63, 3.8) is 0 Å². The Morgan fingerprint density at radius 2 is 2.09 bits per heavy atom. The lowest BCUT2D eigenvalue weighted by atomic mass is 9.83. The first-order valence-corrected chi connectivity index (χ1v) is 8.47. The summed E-state index contributed by atoms with van der Waals surface area (Å²) in [6.07, 6.45) is 1.65. The van der Waals surface area contributed by atoms with E-state index >= 15 is 0 Å². The van der Waals surface area contributed by atoms with Crippen LogP contribution in [0.3, 0.4) is 0 Å². The zero-order valence-electron chi connectivity index (χ0n) is 12.7. The number of carbonyl (C=O) groups excluding carboxylic acids is 2. The van der Waals surface area contributed by atoms with Gasteiger partial charge in [0.15, 0.2) is 0 Å². The first kappa shape index (κ1) is 16.4. The van der Waals surface area contributed by atoms with Crippen LogP contribution in [0, 0.1) is 0 Å². The predicted molar refractivity (Wildman–Crippen MR) is 87.8 cm³/mol. The number of halogens is 2. The third-order valence-corrected chi connectivity index (χ3v) is 5.55. The molecule has 1 aromatic rings. The lowest BCUT2D eigenvalue weighted by Crippen LogP contribution is -2.64. The van der Waals surface area contributed by atoms with E-state index in [0.717, 1.165) is 0 Å². The number of phenolic OH excluding ortho intramolecular Hbond substituents is 1. The summed E-state index contributed by atoms with van der Waals surface area (Å²) >= 11 is 12.3. The average Bonchev–Trinajstić information content (AvgIpc) is 2.54. The molecule has 2 aliphatic heterocycles. The number of nitrogens with one attached hydrogen (secondary N) is 1. The van der Waals surface area contributed by atoms with Crippen LogP contribution in [0.15, 0.2) is 12.1 Å². The van der Waals surface area contributed by atoms with Crippen LogP contribution in [0.4, 0.5) is 0 Å². The van der Waals surface area contributed by atoms with Crippen molar-refractivity contribution in [2.45, 2.75) is 44.2 Å². The summed E-state index contributed by atoms with van der Waals surface area (Å²) in [4.78, 5) is 26.4. The summed E-state index contributed by atoms with van der Waals surface area (Å²) in [6.45, 7) is 2.35. The number of piperazine rings is 1. The molecule has 2 heterocycles. The van der Waals surface area contributed by atoms with E-state index in [-0.39, 0.29) is 23.5 Å². The number of benzene rings is 1. The second-order valence-electron chi connectivity index (χ2n) is 6.03. The van der Waals surface area contributed by atoms with Crippen LogP contribution in [-0.2, 0) is 9.59 Å². The molecular formula is C16H18Cl2N2O3. The standard InChI is InChI=1S/C16H18Cl2N2O3/c1-2-10-16(23)20-6-5-8(7-11(20)15(22)19-10)13-12(21)4-3-9(17)14(13)18/h3-4,8,10-11,21H,2,5-7H2,1H3,(H,19,22)/t8?,10-,11-/m1/s1. The van der Waals surface area contributed by atoms with Gasteiger partial charge in [-0.25, -0.2) is 0 Å². The van der Waals surface area contributed by atoms with E-state index in [1.165, 1.54) is 6.07 Å². The molecule has 2 fully saturated rings. The van der Waals surface area contributed by atoms with E-state index in [2.05, 4.69) is 5.32 Å². The van der Waals surface area contributed by atoms with Gasteiger partial charge in [-0.3, -0.25) is 9.59 Å². The van der Waals surface area contributed by atoms with Gasteiger partial charge < -0.3 is 15.3 Å². The van der Waals surface area contributed by atoms with Crippen molar-refractivity contribution >= 4 is 35.0 Å². The molecule has 2 N–H and O–H groups in total. The Bertz CT molecular complexity index is 665. The number of rotatable bonds is 2. The quantitative estimate of drug-likeness (QED) is 0.855. The van der Waals surface area contributed by atoms with Gasteiger partial charge in [0.25, 0.3) is 0 Å². The number of phenols is 1. The van der Waals surface area contributed by atoms with Crippen molar-refractivity contribution in [3.8, 4) is 5.75 Å². The highest BCUT2D eigenvalue weighted by atomic mass is 35.5. The van der Waals surface area contributed by atoms with E-state index in [9.17, 15) is 14.7 Å². The van der Waals surface area contributed by atoms with Gasteiger partial charge in [-0.1, -0.05) is 30.1 Å². The van der Waals surface area contributed by atoms with Crippen molar-refractivity contribution in [1.82, 2.24) is 10.2 Å². The largest absolute Gasteiger partial charge is 0.508 e. The smallest absolute Gasteiger partial charge is 0.245 e. The Labute approximate surface area is 144 Å². The Morgan fingerprint density at radius 3 is 2.78 bits per heavy atom. The number of aromatic hydroxyl groups is 1. The number of hydrogen-bond acceptors (Lipinski definition) is 3. The Hall–Kier alpha value is -1.46. The first-order chi connectivity index (χ1) is 10.9. The van der Waals surface area contributed by atoms with Gasteiger partial charge in [-0.2, -0.15) is 0 Å². The maximum Gasteiger partial charge on any atom is 0.245 e. The van der Waals surface area contributed by atoms with Gasteiger partial charge >= 0.3 is 0 Å². The number of amides is 2. The van der Waals surface area contributed by atoms with E-state index < -0.39 is 12.1 Å². The van der Waals surface area contributed by atoms with Gasteiger partial charge in [0.05, 0.1) is 10.0 Å². The first-order valence-electron chi connectivity index (χ1n) is 7.71. The van der Waals surface area contributed by atoms with Crippen molar-refractivity contribution < 1.29 is 14.7 Å². The summed E-state index contributed by atoms with van der Waals surface area (Å²) in [6, 6.07) is 2.10. The van der Waals surface area contributed by atoms with Crippen molar-refractivity contribution in [1.29, 1.82) is 0 Å². The summed E-state index contributed by atoms with van der Waals surface area (Å²) in [5.41, 5.74) is 0.566. The molecule has 124 valence electrons. The van der Waals surface area contributed by atoms with E-state index in [1.54, 1.807) is 11.0 Å². The normalized spacial score (nSPS) is 27.6. The van der Waals surface area contributed by atoms with Crippen LogP contribution in [-0.4, -0.2) is 40.4 Å². The molecule has 23 heavy (non-hydrogen) atoms. The van der Waals surface area contributed by atoms with Crippen LogP contribution < -0.4 is 5.32 Å².